The molecule has 0 aliphatic rings. The number of ether oxygens (including phenoxy) is 1. The maximum Gasteiger partial charge on any atom is 0.165 e. The Balaban J connectivity index is 3.18. The van der Waals surface area contributed by atoms with Crippen molar-refractivity contribution in [1.82, 2.24) is 14.8 Å². The molecule has 1 unspecified atom stereocenters. The van der Waals surface area contributed by atoms with E-state index in [1.54, 1.807) is 7.11 Å². The van der Waals surface area contributed by atoms with Crippen LogP contribution in [0.2, 0.25) is 0 Å². The maximum atomic E-state index is 5.53. The smallest absolute Gasteiger partial charge is 0.165 e. The van der Waals surface area contributed by atoms with Crippen LogP contribution in [0.5, 0.6) is 0 Å². The summed E-state index contributed by atoms with van der Waals surface area (Å²) in [7, 11) is 1.71. The third-order valence-electron chi connectivity index (χ3n) is 2.86. The molecule has 1 aromatic rings. The lowest BCUT2D eigenvalue weighted by atomic mass is 10.0. The molecule has 1 rings (SSSR count). The van der Waals surface area contributed by atoms with Crippen LogP contribution in [-0.2, 0) is 22.2 Å². The van der Waals surface area contributed by atoms with Gasteiger partial charge in [-0.3, -0.25) is 0 Å². The Morgan fingerprint density at radius 3 is 2.47 bits per heavy atom. The number of nitrogens with zero attached hydrogens (tertiary/aromatic N) is 3. The molecule has 0 aromatic carbocycles. The van der Waals surface area contributed by atoms with Crippen molar-refractivity contribution in [3.05, 3.63) is 11.6 Å². The summed E-state index contributed by atoms with van der Waals surface area (Å²) in [6, 6.07) is 0. The molecule has 15 heavy (non-hydrogen) atoms. The van der Waals surface area contributed by atoms with E-state index >= 15 is 0 Å². The summed E-state index contributed by atoms with van der Waals surface area (Å²) in [5.74, 6) is 1.86. The van der Waals surface area contributed by atoms with E-state index in [0.717, 1.165) is 29.9 Å². The quantitative estimate of drug-likeness (QED) is 0.776. The largest absolute Gasteiger partial charge is 0.371 e. The summed E-state index contributed by atoms with van der Waals surface area (Å²) in [5.41, 5.74) is -0.344. The summed E-state index contributed by atoms with van der Waals surface area (Å²) in [5, 5.41) is 9.10. The number of methoxy groups -OCH3 is 1. The Morgan fingerprint density at radius 1 is 1.40 bits per heavy atom. The van der Waals surface area contributed by atoms with E-state index in [9.17, 15) is 0 Å². The summed E-state index contributed by atoms with van der Waals surface area (Å²) < 4.78 is 7.63. The van der Waals surface area contributed by atoms with Gasteiger partial charge in [-0.25, -0.2) is 0 Å². The molecule has 0 amide bonds. The molecule has 1 aromatic heterocycles. The second-order valence-corrected chi connectivity index (χ2v) is 4.17. The van der Waals surface area contributed by atoms with E-state index in [1.807, 2.05) is 6.92 Å². The highest BCUT2D eigenvalue weighted by atomic mass is 79.9. The van der Waals surface area contributed by atoms with Gasteiger partial charge in [0.15, 0.2) is 5.82 Å². The first-order valence-corrected chi connectivity index (χ1v) is 6.28. The third kappa shape index (κ3) is 2.23. The van der Waals surface area contributed by atoms with Gasteiger partial charge in [-0.2, -0.15) is 0 Å². The number of hydrogen-bond donors (Lipinski definition) is 0. The third-order valence-corrected chi connectivity index (χ3v) is 3.36. The van der Waals surface area contributed by atoms with Crippen molar-refractivity contribution >= 4 is 15.9 Å². The van der Waals surface area contributed by atoms with E-state index < -0.39 is 0 Å². The molecule has 0 fully saturated rings. The van der Waals surface area contributed by atoms with Crippen molar-refractivity contribution in [2.75, 3.05) is 7.11 Å². The van der Waals surface area contributed by atoms with Crippen LogP contribution in [0.15, 0.2) is 0 Å². The van der Waals surface area contributed by atoms with Crippen LogP contribution in [0.1, 0.15) is 38.8 Å². The molecule has 0 bridgehead atoms. The Kier molecular flexibility index (Phi) is 4.28. The fourth-order valence-electron chi connectivity index (χ4n) is 1.55. The lowest BCUT2D eigenvalue weighted by Gasteiger charge is -2.26. The van der Waals surface area contributed by atoms with Crippen LogP contribution in [0.3, 0.4) is 0 Å². The molecule has 0 spiro atoms. The van der Waals surface area contributed by atoms with Crippen molar-refractivity contribution < 1.29 is 4.74 Å². The Hall–Kier alpha value is -0.420. The van der Waals surface area contributed by atoms with Gasteiger partial charge < -0.3 is 9.30 Å². The van der Waals surface area contributed by atoms with Gasteiger partial charge in [0.25, 0.3) is 0 Å². The van der Waals surface area contributed by atoms with Crippen LogP contribution in [-0.4, -0.2) is 21.9 Å². The van der Waals surface area contributed by atoms with Gasteiger partial charge in [-0.1, -0.05) is 22.9 Å². The molecule has 0 saturated carbocycles. The van der Waals surface area contributed by atoms with Crippen molar-refractivity contribution in [3.63, 3.8) is 0 Å². The molecule has 1 atom stereocenters. The molecule has 0 aliphatic heterocycles. The first-order valence-electron chi connectivity index (χ1n) is 5.16. The van der Waals surface area contributed by atoms with Crippen LogP contribution >= 0.6 is 15.9 Å². The first-order chi connectivity index (χ1) is 7.12. The zero-order valence-electron chi connectivity index (χ0n) is 9.75. The number of halogens is 1. The molecule has 4 nitrogen and oxygen atoms in total. The average molecular weight is 276 g/mol. The molecular formula is C10H18BrN3O. The van der Waals surface area contributed by atoms with Gasteiger partial charge in [-0.15, -0.1) is 10.2 Å². The fraction of sp³-hybridized carbons (Fsp3) is 0.800. The molecule has 0 aliphatic carbocycles. The topological polar surface area (TPSA) is 39.9 Å². The van der Waals surface area contributed by atoms with Gasteiger partial charge in [0.1, 0.15) is 11.4 Å². The second kappa shape index (κ2) is 5.07. The maximum absolute atomic E-state index is 5.53. The lowest BCUT2D eigenvalue weighted by Crippen LogP contribution is -2.28. The summed E-state index contributed by atoms with van der Waals surface area (Å²) in [6.45, 7) is 7.08. The van der Waals surface area contributed by atoms with Crippen LogP contribution in [0.25, 0.3) is 0 Å². The number of hydrogen-bond acceptors (Lipinski definition) is 3. The Bertz CT molecular complexity index is 320. The van der Waals surface area contributed by atoms with E-state index in [2.05, 4.69) is 44.5 Å². The monoisotopic (exact) mass is 275 g/mol. The van der Waals surface area contributed by atoms with Gasteiger partial charge in [0.05, 0.1) is 5.33 Å². The minimum absolute atomic E-state index is 0.344. The minimum atomic E-state index is -0.344. The zero-order valence-corrected chi connectivity index (χ0v) is 11.3. The predicted octanol–water partition coefficient (Wildman–Crippen LogP) is 2.46. The molecule has 5 heteroatoms. The van der Waals surface area contributed by atoms with Crippen LogP contribution in [0, 0.1) is 0 Å². The van der Waals surface area contributed by atoms with Gasteiger partial charge in [0, 0.05) is 13.7 Å². The van der Waals surface area contributed by atoms with Crippen LogP contribution in [0.4, 0.5) is 0 Å². The molecule has 0 radical (unpaired) electrons. The van der Waals surface area contributed by atoms with E-state index in [4.69, 9.17) is 4.74 Å². The zero-order chi connectivity index (χ0) is 11.5. The number of rotatable bonds is 5. The Morgan fingerprint density at radius 2 is 2.07 bits per heavy atom. The van der Waals surface area contributed by atoms with Crippen molar-refractivity contribution in [2.24, 2.45) is 0 Å². The summed E-state index contributed by atoms with van der Waals surface area (Å²) in [4.78, 5) is 0. The minimum Gasteiger partial charge on any atom is -0.371 e. The summed E-state index contributed by atoms with van der Waals surface area (Å²) in [6.07, 6.45) is 0.879. The van der Waals surface area contributed by atoms with Gasteiger partial charge in [0.2, 0.25) is 0 Å². The first kappa shape index (κ1) is 12.6. The van der Waals surface area contributed by atoms with E-state index in [-0.39, 0.29) is 5.60 Å². The molecule has 1 heterocycles. The van der Waals surface area contributed by atoms with Crippen molar-refractivity contribution in [1.29, 1.82) is 0 Å². The normalized spacial score (nSPS) is 15.3. The number of alkyl halides is 1. The van der Waals surface area contributed by atoms with Gasteiger partial charge >= 0.3 is 0 Å². The number of aromatic nitrogens is 3. The Labute approximate surface area is 99.2 Å². The highest BCUT2D eigenvalue weighted by Gasteiger charge is 2.30. The molecule has 0 saturated heterocycles. The predicted molar refractivity (Wildman–Crippen MR) is 63.0 cm³/mol. The van der Waals surface area contributed by atoms with Crippen LogP contribution < -0.4 is 0 Å². The molecule has 0 N–H and O–H groups in total. The van der Waals surface area contributed by atoms with E-state index in [0.29, 0.717) is 0 Å². The highest BCUT2D eigenvalue weighted by molar-refractivity contribution is 9.08. The standard InChI is InChI=1S/C10H18BrN3O/c1-5-10(3,15-4)9-13-12-8(7-11)14(9)6-2/h5-7H2,1-4H3. The van der Waals surface area contributed by atoms with Crippen molar-refractivity contribution in [2.45, 2.75) is 44.7 Å². The lowest BCUT2D eigenvalue weighted by molar-refractivity contribution is -0.0120. The van der Waals surface area contributed by atoms with Gasteiger partial charge in [-0.05, 0) is 20.3 Å². The molecule has 86 valence electrons. The van der Waals surface area contributed by atoms with Crippen molar-refractivity contribution in [3.8, 4) is 0 Å². The second-order valence-electron chi connectivity index (χ2n) is 3.61. The average Bonchev–Trinajstić information content (AvgIpc) is 2.71. The SMILES string of the molecule is CCn1c(CBr)nnc1C(C)(CC)OC. The highest BCUT2D eigenvalue weighted by Crippen LogP contribution is 2.27. The molecular weight excluding hydrogens is 258 g/mol. The summed E-state index contributed by atoms with van der Waals surface area (Å²) >= 11 is 3.41. The fourth-order valence-corrected chi connectivity index (χ4v) is 1.97. The van der Waals surface area contributed by atoms with E-state index in [1.165, 1.54) is 0 Å².